The number of hydrazine groups is 1. The average Bonchev–Trinajstić information content (AvgIpc) is 3.43. The number of hydrogen-bond donors (Lipinski definition) is 3. The Hall–Kier alpha value is -1.96. The van der Waals surface area contributed by atoms with Crippen LogP contribution in [0.5, 0.6) is 0 Å². The van der Waals surface area contributed by atoms with Crippen LogP contribution in [-0.2, 0) is 19.7 Å². The fraction of sp³-hybridized carbons (Fsp3) is 0.529. The van der Waals surface area contributed by atoms with E-state index in [0.717, 1.165) is 18.4 Å². The second-order valence-corrected chi connectivity index (χ2v) is 6.23. The lowest BCUT2D eigenvalue weighted by Gasteiger charge is -2.29. The number of amides is 2. The first-order valence-corrected chi connectivity index (χ1v) is 8.26. The Balaban J connectivity index is 1.60. The Morgan fingerprint density at radius 2 is 1.88 bits per heavy atom. The van der Waals surface area contributed by atoms with Crippen LogP contribution in [0, 0.1) is 0 Å². The number of morpholine rings is 1. The highest BCUT2D eigenvalue weighted by Crippen LogP contribution is 2.48. The molecule has 1 saturated carbocycles. The minimum atomic E-state index is -0.957. The molecular formula is C17H23N3O4. The highest BCUT2D eigenvalue weighted by molar-refractivity contribution is 5.95. The summed E-state index contributed by atoms with van der Waals surface area (Å²) in [5.74, 6) is -0.610. The third-order valence-corrected chi connectivity index (χ3v) is 4.59. The normalized spacial score (nSPS) is 20.9. The van der Waals surface area contributed by atoms with Crippen LogP contribution in [0.4, 0.5) is 0 Å². The number of benzene rings is 1. The van der Waals surface area contributed by atoms with Crippen molar-refractivity contribution in [2.45, 2.75) is 24.3 Å². The van der Waals surface area contributed by atoms with Crippen molar-refractivity contribution < 1.29 is 19.4 Å². The van der Waals surface area contributed by atoms with E-state index in [1.54, 1.807) is 5.01 Å². The number of aliphatic hydroxyl groups excluding tert-OH is 1. The van der Waals surface area contributed by atoms with Crippen molar-refractivity contribution in [3.8, 4) is 0 Å². The summed E-state index contributed by atoms with van der Waals surface area (Å²) < 4.78 is 5.22. The molecule has 2 amide bonds. The van der Waals surface area contributed by atoms with Crippen LogP contribution in [0.25, 0.3) is 0 Å². The quantitative estimate of drug-likeness (QED) is 0.656. The van der Waals surface area contributed by atoms with Gasteiger partial charge in [-0.25, -0.2) is 5.01 Å². The summed E-state index contributed by atoms with van der Waals surface area (Å²) in [5, 5.41) is 14.0. The molecule has 2 aliphatic rings. The van der Waals surface area contributed by atoms with Gasteiger partial charge in [-0.3, -0.25) is 15.0 Å². The highest BCUT2D eigenvalue weighted by atomic mass is 16.5. The van der Waals surface area contributed by atoms with Gasteiger partial charge in [-0.2, -0.15) is 0 Å². The van der Waals surface area contributed by atoms with Crippen molar-refractivity contribution in [2.24, 2.45) is 0 Å². The molecule has 1 atom stereocenters. The molecule has 0 bridgehead atoms. The average molecular weight is 333 g/mol. The number of carbonyl (C=O) groups is 2. The zero-order chi connectivity index (χ0) is 17.0. The summed E-state index contributed by atoms with van der Waals surface area (Å²) in [6.07, 6.45) is 1.51. The number of ether oxygens (including phenoxy) is 1. The molecule has 1 aliphatic heterocycles. The standard InChI is InChI=1S/C17H23N3O4/c21-12-14(15(22)19-20-8-10-24-11-9-20)18-16(23)17(6-7-17)13-4-2-1-3-5-13/h1-5,14,21H,6-12H2,(H,18,23)(H,19,22). The van der Waals surface area contributed by atoms with E-state index in [-0.39, 0.29) is 5.91 Å². The maximum atomic E-state index is 12.7. The lowest BCUT2D eigenvalue weighted by Crippen LogP contribution is -2.57. The number of aliphatic hydroxyl groups is 1. The first kappa shape index (κ1) is 16.9. The second kappa shape index (κ2) is 7.29. The number of hydrogen-bond acceptors (Lipinski definition) is 5. The molecule has 1 saturated heterocycles. The van der Waals surface area contributed by atoms with Crippen LogP contribution in [0.15, 0.2) is 30.3 Å². The molecule has 1 unspecified atom stereocenters. The monoisotopic (exact) mass is 333 g/mol. The van der Waals surface area contributed by atoms with Crippen molar-refractivity contribution in [2.75, 3.05) is 32.9 Å². The van der Waals surface area contributed by atoms with Crippen LogP contribution in [0.2, 0.25) is 0 Å². The van der Waals surface area contributed by atoms with Gasteiger partial charge < -0.3 is 15.2 Å². The predicted molar refractivity (Wildman–Crippen MR) is 86.9 cm³/mol. The van der Waals surface area contributed by atoms with Crippen LogP contribution in [0.3, 0.4) is 0 Å². The van der Waals surface area contributed by atoms with Gasteiger partial charge in [0.2, 0.25) is 5.91 Å². The van der Waals surface area contributed by atoms with E-state index in [4.69, 9.17) is 4.74 Å². The fourth-order valence-electron chi connectivity index (χ4n) is 2.93. The summed E-state index contributed by atoms with van der Waals surface area (Å²) in [6, 6.07) is 8.60. The Morgan fingerprint density at radius 3 is 2.46 bits per heavy atom. The van der Waals surface area contributed by atoms with Crippen LogP contribution in [0.1, 0.15) is 18.4 Å². The van der Waals surface area contributed by atoms with E-state index in [0.29, 0.717) is 26.3 Å². The molecule has 1 heterocycles. The molecule has 0 radical (unpaired) electrons. The summed E-state index contributed by atoms with van der Waals surface area (Å²) in [5.41, 5.74) is 3.12. The Labute approximate surface area is 140 Å². The Kier molecular flexibility index (Phi) is 5.13. The molecule has 24 heavy (non-hydrogen) atoms. The summed E-state index contributed by atoms with van der Waals surface area (Å²) in [6.45, 7) is 1.84. The molecular weight excluding hydrogens is 310 g/mol. The molecule has 7 nitrogen and oxygen atoms in total. The van der Waals surface area contributed by atoms with Crippen molar-refractivity contribution in [1.29, 1.82) is 0 Å². The predicted octanol–water partition coefficient (Wildman–Crippen LogP) is -0.441. The lowest BCUT2D eigenvalue weighted by atomic mass is 9.94. The Bertz CT molecular complexity index is 583. The van der Waals surface area contributed by atoms with E-state index >= 15 is 0 Å². The van der Waals surface area contributed by atoms with Gasteiger partial charge in [0, 0.05) is 13.1 Å². The van der Waals surface area contributed by atoms with Gasteiger partial charge in [-0.15, -0.1) is 0 Å². The zero-order valence-corrected chi connectivity index (χ0v) is 13.5. The molecule has 1 aliphatic carbocycles. The number of nitrogens with one attached hydrogen (secondary N) is 2. The molecule has 2 fully saturated rings. The number of carbonyl (C=O) groups excluding carboxylic acids is 2. The van der Waals surface area contributed by atoms with Gasteiger partial charge in [0.1, 0.15) is 6.04 Å². The molecule has 3 rings (SSSR count). The highest BCUT2D eigenvalue weighted by Gasteiger charge is 2.51. The second-order valence-electron chi connectivity index (χ2n) is 6.23. The first-order chi connectivity index (χ1) is 11.7. The fourth-order valence-corrected chi connectivity index (χ4v) is 2.93. The maximum Gasteiger partial charge on any atom is 0.259 e. The Morgan fingerprint density at radius 1 is 1.21 bits per heavy atom. The largest absolute Gasteiger partial charge is 0.394 e. The smallest absolute Gasteiger partial charge is 0.259 e. The van der Waals surface area contributed by atoms with Gasteiger partial charge in [0.25, 0.3) is 5.91 Å². The van der Waals surface area contributed by atoms with Gasteiger partial charge in [0.15, 0.2) is 0 Å². The summed E-state index contributed by atoms with van der Waals surface area (Å²) >= 11 is 0. The zero-order valence-electron chi connectivity index (χ0n) is 13.5. The third kappa shape index (κ3) is 3.58. The third-order valence-electron chi connectivity index (χ3n) is 4.59. The van der Waals surface area contributed by atoms with Gasteiger partial charge in [-0.1, -0.05) is 30.3 Å². The molecule has 7 heteroatoms. The van der Waals surface area contributed by atoms with E-state index in [2.05, 4.69) is 10.7 Å². The summed E-state index contributed by atoms with van der Waals surface area (Å²) in [7, 11) is 0. The van der Waals surface area contributed by atoms with E-state index in [1.165, 1.54) is 0 Å². The minimum Gasteiger partial charge on any atom is -0.394 e. The van der Waals surface area contributed by atoms with Crippen molar-refractivity contribution >= 4 is 11.8 Å². The number of rotatable bonds is 6. The van der Waals surface area contributed by atoms with Gasteiger partial charge in [-0.05, 0) is 18.4 Å². The van der Waals surface area contributed by atoms with Crippen LogP contribution in [-0.4, -0.2) is 60.9 Å². The SMILES string of the molecule is O=C(NN1CCOCC1)C(CO)NC(=O)C1(c2ccccc2)CC1. The molecule has 0 spiro atoms. The van der Waals surface area contributed by atoms with E-state index in [1.807, 2.05) is 30.3 Å². The van der Waals surface area contributed by atoms with Crippen molar-refractivity contribution in [3.63, 3.8) is 0 Å². The summed E-state index contributed by atoms with van der Waals surface area (Å²) in [4.78, 5) is 25.0. The maximum absolute atomic E-state index is 12.7. The van der Waals surface area contributed by atoms with Crippen molar-refractivity contribution in [1.82, 2.24) is 15.8 Å². The van der Waals surface area contributed by atoms with E-state index < -0.39 is 24.0 Å². The van der Waals surface area contributed by atoms with Gasteiger partial charge >= 0.3 is 0 Å². The van der Waals surface area contributed by atoms with Crippen LogP contribution >= 0.6 is 0 Å². The lowest BCUT2D eigenvalue weighted by molar-refractivity contribution is -0.135. The molecule has 0 aromatic heterocycles. The topological polar surface area (TPSA) is 90.9 Å². The van der Waals surface area contributed by atoms with Crippen molar-refractivity contribution in [3.05, 3.63) is 35.9 Å². The van der Waals surface area contributed by atoms with Crippen LogP contribution < -0.4 is 10.7 Å². The molecule has 3 N–H and O–H groups in total. The number of nitrogens with zero attached hydrogens (tertiary/aromatic N) is 1. The minimum absolute atomic E-state index is 0.204. The van der Waals surface area contributed by atoms with Gasteiger partial charge in [0.05, 0.1) is 25.2 Å². The molecule has 1 aromatic rings. The molecule has 130 valence electrons. The van der Waals surface area contributed by atoms with E-state index in [9.17, 15) is 14.7 Å². The molecule has 1 aromatic carbocycles. The first-order valence-electron chi connectivity index (χ1n) is 8.26.